The quantitative estimate of drug-likeness (QED) is 0.238. The van der Waals surface area contributed by atoms with Gasteiger partial charge in [0.25, 0.3) is 5.91 Å². The number of allylic oxidation sites excluding steroid dienone is 1. The Labute approximate surface area is 221 Å². The molecule has 0 unspecified atom stereocenters. The summed E-state index contributed by atoms with van der Waals surface area (Å²) in [6.07, 6.45) is 10.4. The van der Waals surface area contributed by atoms with E-state index in [-0.39, 0.29) is 24.1 Å². The number of nitrogens with one attached hydrogen (secondary N) is 1. The molecular weight excluding hydrogens is 478 g/mol. The van der Waals surface area contributed by atoms with Gasteiger partial charge in [-0.05, 0) is 60.6 Å². The fourth-order valence-electron chi connectivity index (χ4n) is 4.56. The second kappa shape index (κ2) is 11.7. The van der Waals surface area contributed by atoms with Crippen molar-refractivity contribution in [3.8, 4) is 11.5 Å². The van der Waals surface area contributed by atoms with Crippen LogP contribution in [-0.4, -0.2) is 33.0 Å². The lowest BCUT2D eigenvalue weighted by Crippen LogP contribution is -2.26. The molecule has 2 aromatic carbocycles. The van der Waals surface area contributed by atoms with Crippen molar-refractivity contribution in [1.29, 1.82) is 0 Å². The lowest BCUT2D eigenvalue weighted by molar-refractivity contribution is -0.137. The predicted molar refractivity (Wildman–Crippen MR) is 144 cm³/mol. The van der Waals surface area contributed by atoms with Gasteiger partial charge in [0.2, 0.25) is 5.89 Å². The van der Waals surface area contributed by atoms with Gasteiger partial charge in [-0.15, -0.1) is 0 Å². The Balaban J connectivity index is 1.25. The smallest absolute Gasteiger partial charge is 0.303 e. The van der Waals surface area contributed by atoms with Crippen LogP contribution in [0.25, 0.3) is 17.0 Å². The van der Waals surface area contributed by atoms with Crippen molar-refractivity contribution in [3.63, 3.8) is 0 Å². The number of hydrogen-bond donors (Lipinski definition) is 2. The number of carbonyl (C=O) groups is 2. The maximum atomic E-state index is 12.7. The summed E-state index contributed by atoms with van der Waals surface area (Å²) in [5.74, 6) is -0.270. The van der Waals surface area contributed by atoms with Crippen molar-refractivity contribution in [2.75, 3.05) is 0 Å². The molecule has 2 atom stereocenters. The first-order chi connectivity index (χ1) is 18.6. The third-order valence-electron chi connectivity index (χ3n) is 6.68. The third-order valence-corrected chi connectivity index (χ3v) is 6.68. The van der Waals surface area contributed by atoms with Crippen LogP contribution in [0.5, 0.6) is 0 Å². The average Bonchev–Trinajstić information content (AvgIpc) is 3.53. The zero-order chi connectivity index (χ0) is 26.3. The Bertz CT molecular complexity index is 1410. The number of rotatable bonds is 11. The van der Waals surface area contributed by atoms with E-state index in [2.05, 4.69) is 33.5 Å². The lowest BCUT2D eigenvalue weighted by Gasteiger charge is -2.09. The Morgan fingerprint density at radius 2 is 1.82 bits per heavy atom. The molecule has 1 fully saturated rings. The summed E-state index contributed by atoms with van der Waals surface area (Å²) in [6.45, 7) is 0. The standard InChI is InChI=1S/C31H29N3O4/c35-29(36)12-6-2-5-11-25(24-10-7-17-32-19-24)22-13-15-23(16-14-22)31-34-28(20-38-31)30(37)33-27-18-26(27)21-8-3-1-4-9-21/h1,3-4,7-11,13-17,19-20,26-27H,2,5-6,12,18H2,(H,33,37)(H,35,36)/t26-,27+/m0/s1. The van der Waals surface area contributed by atoms with Crippen molar-refractivity contribution in [2.45, 2.75) is 44.1 Å². The number of nitrogens with zero attached hydrogens (tertiary/aromatic N) is 2. The number of aromatic nitrogens is 2. The summed E-state index contributed by atoms with van der Waals surface area (Å²) in [4.78, 5) is 32.2. The zero-order valence-corrected chi connectivity index (χ0v) is 20.9. The van der Waals surface area contributed by atoms with E-state index in [1.165, 1.54) is 11.8 Å². The second-order valence-corrected chi connectivity index (χ2v) is 9.45. The minimum atomic E-state index is -0.770. The van der Waals surface area contributed by atoms with Gasteiger partial charge in [-0.2, -0.15) is 0 Å². The minimum absolute atomic E-state index is 0.117. The lowest BCUT2D eigenvalue weighted by atomic mass is 9.96. The Morgan fingerprint density at radius 3 is 2.55 bits per heavy atom. The number of benzene rings is 2. The van der Waals surface area contributed by atoms with Gasteiger partial charge in [-0.25, -0.2) is 4.98 Å². The number of hydrogen-bond acceptors (Lipinski definition) is 5. The highest BCUT2D eigenvalue weighted by atomic mass is 16.4. The third kappa shape index (κ3) is 6.24. The van der Waals surface area contributed by atoms with E-state index in [9.17, 15) is 9.59 Å². The molecule has 38 heavy (non-hydrogen) atoms. The molecule has 5 rings (SSSR count). The molecule has 1 saturated carbocycles. The molecule has 192 valence electrons. The molecule has 0 saturated heterocycles. The van der Waals surface area contributed by atoms with E-state index < -0.39 is 5.97 Å². The van der Waals surface area contributed by atoms with E-state index in [1.807, 2.05) is 60.8 Å². The predicted octanol–water partition coefficient (Wildman–Crippen LogP) is 6.10. The van der Waals surface area contributed by atoms with Crippen LogP contribution in [0.4, 0.5) is 0 Å². The highest BCUT2D eigenvalue weighted by Crippen LogP contribution is 2.40. The fraction of sp³-hybridized carbons (Fsp3) is 0.226. The van der Waals surface area contributed by atoms with Gasteiger partial charge >= 0.3 is 5.97 Å². The number of pyridine rings is 1. The molecule has 2 heterocycles. The first-order valence-electron chi connectivity index (χ1n) is 12.8. The summed E-state index contributed by atoms with van der Waals surface area (Å²) < 4.78 is 5.64. The molecule has 0 aliphatic heterocycles. The summed E-state index contributed by atoms with van der Waals surface area (Å²) in [5.41, 5.74) is 5.30. The van der Waals surface area contributed by atoms with Gasteiger partial charge in [0.05, 0.1) is 0 Å². The van der Waals surface area contributed by atoms with Crippen molar-refractivity contribution in [1.82, 2.24) is 15.3 Å². The van der Waals surface area contributed by atoms with E-state index >= 15 is 0 Å². The van der Waals surface area contributed by atoms with Gasteiger partial charge in [0, 0.05) is 41.9 Å². The molecule has 2 aromatic heterocycles. The van der Waals surface area contributed by atoms with E-state index in [0.29, 0.717) is 18.2 Å². The Morgan fingerprint density at radius 1 is 1.00 bits per heavy atom. The van der Waals surface area contributed by atoms with Crippen molar-refractivity contribution >= 4 is 17.4 Å². The van der Waals surface area contributed by atoms with Crippen molar-refractivity contribution in [3.05, 3.63) is 114 Å². The molecule has 7 heteroatoms. The first-order valence-corrected chi connectivity index (χ1v) is 12.8. The monoisotopic (exact) mass is 507 g/mol. The molecule has 0 bridgehead atoms. The van der Waals surface area contributed by atoms with E-state index in [1.54, 1.807) is 6.20 Å². The highest BCUT2D eigenvalue weighted by molar-refractivity contribution is 5.93. The number of unbranched alkanes of at least 4 members (excludes halogenated alkanes) is 2. The van der Waals surface area contributed by atoms with Crippen LogP contribution in [0.2, 0.25) is 0 Å². The molecule has 0 spiro atoms. The van der Waals surface area contributed by atoms with Crippen LogP contribution >= 0.6 is 0 Å². The number of carboxylic acid groups (broad SMARTS) is 1. The average molecular weight is 508 g/mol. The van der Waals surface area contributed by atoms with Crippen LogP contribution in [0.3, 0.4) is 0 Å². The number of aliphatic carboxylic acids is 1. The summed E-state index contributed by atoms with van der Waals surface area (Å²) in [6, 6.07) is 22.0. The van der Waals surface area contributed by atoms with Gasteiger partial charge < -0.3 is 14.8 Å². The van der Waals surface area contributed by atoms with Crippen molar-refractivity contribution in [2.24, 2.45) is 0 Å². The largest absolute Gasteiger partial charge is 0.481 e. The zero-order valence-electron chi connectivity index (χ0n) is 20.9. The van der Waals surface area contributed by atoms with Crippen LogP contribution in [0, 0.1) is 0 Å². The highest BCUT2D eigenvalue weighted by Gasteiger charge is 2.39. The number of carboxylic acids is 1. The van der Waals surface area contributed by atoms with Gasteiger partial charge in [0.15, 0.2) is 5.69 Å². The normalized spacial score (nSPS) is 16.7. The van der Waals surface area contributed by atoms with Crippen LogP contribution in [0.15, 0.2) is 95.9 Å². The van der Waals surface area contributed by atoms with E-state index in [0.717, 1.165) is 41.5 Å². The number of carbonyl (C=O) groups excluding carboxylic acids is 1. The summed E-state index contributed by atoms with van der Waals surface area (Å²) >= 11 is 0. The molecule has 0 radical (unpaired) electrons. The number of oxazole rings is 1. The SMILES string of the molecule is O=C(O)CCCCC=C(c1ccc(-c2nc(C(=O)N[C@@H]3C[C@H]3c3ccccc3)co2)cc1)c1cccnc1. The Kier molecular flexibility index (Phi) is 7.73. The second-order valence-electron chi connectivity index (χ2n) is 9.45. The topological polar surface area (TPSA) is 105 Å². The summed E-state index contributed by atoms with van der Waals surface area (Å²) in [7, 11) is 0. The van der Waals surface area contributed by atoms with Gasteiger partial charge in [-0.3, -0.25) is 14.6 Å². The molecule has 1 aliphatic rings. The van der Waals surface area contributed by atoms with E-state index in [4.69, 9.17) is 9.52 Å². The molecule has 7 nitrogen and oxygen atoms in total. The fourth-order valence-corrected chi connectivity index (χ4v) is 4.56. The molecule has 1 aliphatic carbocycles. The van der Waals surface area contributed by atoms with Crippen LogP contribution in [0.1, 0.15) is 65.2 Å². The summed E-state index contributed by atoms with van der Waals surface area (Å²) in [5, 5.41) is 11.9. The first kappa shape index (κ1) is 25.1. The van der Waals surface area contributed by atoms with Crippen LogP contribution in [-0.2, 0) is 4.79 Å². The van der Waals surface area contributed by atoms with Crippen molar-refractivity contribution < 1.29 is 19.1 Å². The molecule has 1 amide bonds. The Hall–Kier alpha value is -4.52. The number of amides is 1. The van der Waals surface area contributed by atoms with Crippen LogP contribution < -0.4 is 5.32 Å². The van der Waals surface area contributed by atoms with Gasteiger partial charge in [0.1, 0.15) is 6.26 Å². The van der Waals surface area contributed by atoms with Gasteiger partial charge in [-0.1, -0.05) is 54.6 Å². The molecule has 2 N–H and O–H groups in total. The molecular formula is C31H29N3O4. The maximum absolute atomic E-state index is 12.7. The maximum Gasteiger partial charge on any atom is 0.303 e. The molecule has 4 aromatic rings. The minimum Gasteiger partial charge on any atom is -0.481 e.